The number of nitrogens with zero attached hydrogens (tertiary/aromatic N) is 2. The van der Waals surface area contributed by atoms with Gasteiger partial charge in [0.15, 0.2) is 0 Å². The maximum Gasteiger partial charge on any atom is 1.00 e. The predicted octanol–water partition coefficient (Wildman–Crippen LogP) is -1.52. The van der Waals surface area contributed by atoms with E-state index in [1.165, 1.54) is 0 Å². The average molecular weight is 328 g/mol. The normalized spacial score (nSPS) is 9.73. The van der Waals surface area contributed by atoms with Gasteiger partial charge in [-0.05, 0) is 0 Å². The molecule has 22 heavy (non-hydrogen) atoms. The molecule has 0 aliphatic heterocycles. The fraction of sp³-hybridized carbons (Fsp3) is 0.600. The number of hydrogen-bond acceptors (Lipinski definition) is 8. The zero-order valence-electron chi connectivity index (χ0n) is 14.0. The molecule has 0 aromatic rings. The van der Waals surface area contributed by atoms with Crippen LogP contribution in [-0.4, -0.2) is 93.4 Å². The van der Waals surface area contributed by atoms with E-state index >= 15 is 0 Å². The molecule has 0 radical (unpaired) electrons. The molecule has 0 aliphatic carbocycles. The maximum atomic E-state index is 10.6. The summed E-state index contributed by atoms with van der Waals surface area (Å²) in [6, 6.07) is 0. The number of carboxylic acid groups (broad SMARTS) is 4. The van der Waals surface area contributed by atoms with Crippen LogP contribution in [0.2, 0.25) is 0 Å². The lowest BCUT2D eigenvalue weighted by molar-refractivity contribution is -0.145. The Balaban J connectivity index is -0.000000301. The Morgan fingerprint density at radius 2 is 0.773 bits per heavy atom. The van der Waals surface area contributed by atoms with E-state index in [9.17, 15) is 19.2 Å². The average Bonchev–Trinajstić information content (AvgIpc) is 2.22. The zero-order valence-corrected chi connectivity index (χ0v) is 12.0. The second kappa shape index (κ2) is 12.5. The van der Waals surface area contributed by atoms with Gasteiger partial charge >= 0.3 is 26.7 Å². The molecule has 0 saturated carbocycles. The quantitative estimate of drug-likeness (QED) is 0.254. The van der Waals surface area contributed by atoms with Crippen molar-refractivity contribution in [2.24, 2.45) is 0 Å². The number of carboxylic acids is 4. The summed E-state index contributed by atoms with van der Waals surface area (Å²) in [7, 11) is 0. The molecule has 0 atom stereocenters. The lowest BCUT2D eigenvalue weighted by atomic mass is 10.4. The standard InChI is InChI=1S/C10H16N2O8.2H3N/c13-7(14)3-11(4-8(15)16)1-2-12(5-9(17)18)6-10(19)20;;/h1-6H2,(H,13,14)(H,15,16)(H,17,18)(H,19,20);2*1H3/p+2. The maximum absolute atomic E-state index is 10.6. The third-order valence-corrected chi connectivity index (χ3v) is 2.17. The first-order valence-electron chi connectivity index (χ1n) is 5.52. The highest BCUT2D eigenvalue weighted by Gasteiger charge is 2.17. The Kier molecular flexibility index (Phi) is 14.0. The molecule has 0 spiro atoms. The van der Waals surface area contributed by atoms with Crippen molar-refractivity contribution < 1.29 is 42.5 Å². The highest BCUT2D eigenvalue weighted by molar-refractivity contribution is 5.73. The van der Waals surface area contributed by atoms with E-state index in [0.717, 1.165) is 9.80 Å². The number of carbonyl (C=O) groups is 4. The minimum atomic E-state index is -1.23. The predicted molar refractivity (Wildman–Crippen MR) is 75.7 cm³/mol. The van der Waals surface area contributed by atoms with Gasteiger partial charge in [-0.2, -0.15) is 0 Å². The monoisotopic (exact) mass is 328 g/mol. The lowest BCUT2D eigenvalue weighted by Crippen LogP contribution is -2.43. The highest BCUT2D eigenvalue weighted by Crippen LogP contribution is 1.94. The largest absolute Gasteiger partial charge is 1.00 e. The molecular formula is C10H24N4O8+2. The molecule has 10 N–H and O–H groups in total. The first-order valence-corrected chi connectivity index (χ1v) is 5.52. The van der Waals surface area contributed by atoms with Gasteiger partial charge in [0.1, 0.15) is 0 Å². The van der Waals surface area contributed by atoms with Crippen LogP contribution in [0.5, 0.6) is 0 Å². The molecule has 0 amide bonds. The molecule has 0 saturated heterocycles. The van der Waals surface area contributed by atoms with Crippen molar-refractivity contribution in [3.8, 4) is 0 Å². The molecule has 0 aromatic heterocycles. The molecule has 0 fully saturated rings. The van der Waals surface area contributed by atoms with E-state index < -0.39 is 50.1 Å². The zero-order chi connectivity index (χ0) is 15.7. The SMILES string of the molecule is N.N.O=C(O)CN(CCN(CC(=O)O)CC(=O)O)CC(=O)O.[H+].[H+]. The fourth-order valence-electron chi connectivity index (χ4n) is 1.48. The summed E-state index contributed by atoms with van der Waals surface area (Å²) in [4.78, 5) is 44.4. The Morgan fingerprint density at radius 3 is 0.909 bits per heavy atom. The first kappa shape index (κ1) is 24.7. The molecular weight excluding hydrogens is 304 g/mol. The summed E-state index contributed by atoms with van der Waals surface area (Å²) >= 11 is 0. The van der Waals surface area contributed by atoms with Gasteiger partial charge in [-0.1, -0.05) is 0 Å². The third kappa shape index (κ3) is 14.1. The summed E-state index contributed by atoms with van der Waals surface area (Å²) < 4.78 is 0. The molecule has 0 rings (SSSR count). The number of rotatable bonds is 11. The Morgan fingerprint density at radius 1 is 0.591 bits per heavy atom. The van der Waals surface area contributed by atoms with Gasteiger partial charge in [0.2, 0.25) is 0 Å². The third-order valence-electron chi connectivity index (χ3n) is 2.17. The fourth-order valence-corrected chi connectivity index (χ4v) is 1.48. The van der Waals surface area contributed by atoms with Crippen LogP contribution in [0.1, 0.15) is 2.85 Å². The van der Waals surface area contributed by atoms with E-state index in [-0.39, 0.29) is 28.2 Å². The minimum Gasteiger partial charge on any atom is -0.480 e. The van der Waals surface area contributed by atoms with Crippen LogP contribution in [-0.2, 0) is 19.2 Å². The molecule has 0 unspecified atom stereocenters. The van der Waals surface area contributed by atoms with E-state index in [1.54, 1.807) is 0 Å². The van der Waals surface area contributed by atoms with E-state index in [0.29, 0.717) is 0 Å². The molecule has 0 aromatic carbocycles. The van der Waals surface area contributed by atoms with Crippen molar-refractivity contribution >= 4 is 23.9 Å². The van der Waals surface area contributed by atoms with Crippen molar-refractivity contribution in [1.82, 2.24) is 22.1 Å². The summed E-state index contributed by atoms with van der Waals surface area (Å²) in [5, 5.41) is 34.5. The number of hydrogen-bond donors (Lipinski definition) is 6. The summed E-state index contributed by atoms with van der Waals surface area (Å²) in [5.74, 6) is -4.91. The van der Waals surface area contributed by atoms with Gasteiger partial charge in [-0.3, -0.25) is 29.0 Å². The summed E-state index contributed by atoms with van der Waals surface area (Å²) in [5.41, 5.74) is 0. The Bertz CT molecular complexity index is 331. The van der Waals surface area contributed by atoms with Gasteiger partial charge < -0.3 is 32.7 Å². The van der Waals surface area contributed by atoms with Crippen molar-refractivity contribution in [1.29, 1.82) is 0 Å². The van der Waals surface area contributed by atoms with E-state index in [4.69, 9.17) is 20.4 Å². The van der Waals surface area contributed by atoms with Crippen LogP contribution in [0.3, 0.4) is 0 Å². The van der Waals surface area contributed by atoms with E-state index in [1.807, 2.05) is 0 Å². The summed E-state index contributed by atoms with van der Waals surface area (Å²) in [6.45, 7) is -2.25. The first-order chi connectivity index (χ1) is 9.20. The van der Waals surface area contributed by atoms with Gasteiger partial charge in [-0.15, -0.1) is 0 Å². The Labute approximate surface area is 129 Å². The van der Waals surface area contributed by atoms with Crippen LogP contribution in [0.4, 0.5) is 0 Å². The van der Waals surface area contributed by atoms with Crippen LogP contribution in [0.25, 0.3) is 0 Å². The molecule has 0 bridgehead atoms. The van der Waals surface area contributed by atoms with Crippen LogP contribution in [0.15, 0.2) is 0 Å². The lowest BCUT2D eigenvalue weighted by Gasteiger charge is -2.23. The van der Waals surface area contributed by atoms with Crippen molar-refractivity contribution in [2.45, 2.75) is 0 Å². The van der Waals surface area contributed by atoms with Crippen molar-refractivity contribution in [2.75, 3.05) is 39.3 Å². The Hall–Kier alpha value is -2.28. The van der Waals surface area contributed by atoms with Crippen molar-refractivity contribution in [3.05, 3.63) is 0 Å². The van der Waals surface area contributed by atoms with E-state index in [2.05, 4.69) is 0 Å². The molecule has 12 nitrogen and oxygen atoms in total. The second-order valence-electron chi connectivity index (χ2n) is 4.00. The van der Waals surface area contributed by atoms with Gasteiger partial charge in [-0.25, -0.2) is 0 Å². The van der Waals surface area contributed by atoms with Gasteiger partial charge in [0.05, 0.1) is 26.2 Å². The van der Waals surface area contributed by atoms with Gasteiger partial charge in [0, 0.05) is 13.1 Å². The smallest absolute Gasteiger partial charge is 0.480 e. The van der Waals surface area contributed by atoms with Crippen LogP contribution in [0, 0.1) is 0 Å². The number of aliphatic carboxylic acids is 4. The van der Waals surface area contributed by atoms with Crippen LogP contribution < -0.4 is 12.3 Å². The summed E-state index contributed by atoms with van der Waals surface area (Å²) in [6.07, 6.45) is 0. The highest BCUT2D eigenvalue weighted by atomic mass is 16.4. The van der Waals surface area contributed by atoms with Crippen LogP contribution >= 0.6 is 0 Å². The molecule has 130 valence electrons. The van der Waals surface area contributed by atoms with Crippen molar-refractivity contribution in [3.63, 3.8) is 0 Å². The molecule has 12 heteroatoms. The molecule has 0 aliphatic rings. The van der Waals surface area contributed by atoms with Gasteiger partial charge in [0.25, 0.3) is 0 Å². The molecule has 0 heterocycles. The topological polar surface area (TPSA) is 226 Å². The second-order valence-corrected chi connectivity index (χ2v) is 4.00. The minimum absolute atomic E-state index is 0.